The van der Waals surface area contributed by atoms with Crippen LogP contribution in [0.1, 0.15) is 30.0 Å². The van der Waals surface area contributed by atoms with Crippen molar-refractivity contribution in [1.82, 2.24) is 0 Å². The number of carbonyl (C=O) groups is 2. The van der Waals surface area contributed by atoms with Crippen LogP contribution in [0.4, 0.5) is 0 Å². The van der Waals surface area contributed by atoms with Crippen LogP contribution in [0.5, 0.6) is 0 Å². The molecule has 5 rings (SSSR count). The van der Waals surface area contributed by atoms with Gasteiger partial charge >= 0.3 is 11.9 Å². The lowest BCUT2D eigenvalue weighted by Gasteiger charge is -2.49. The third-order valence-corrected chi connectivity index (χ3v) is 9.59. The van der Waals surface area contributed by atoms with Crippen molar-refractivity contribution in [1.29, 1.82) is 0 Å². The lowest BCUT2D eigenvalue weighted by molar-refractivity contribution is -0.173. The zero-order chi connectivity index (χ0) is 30.3. The number of carbonyl (C=O) groups excluding carboxylic acids is 2. The van der Waals surface area contributed by atoms with Gasteiger partial charge in [-0.1, -0.05) is 25.2 Å². The third kappa shape index (κ3) is 4.93. The van der Waals surface area contributed by atoms with Crippen molar-refractivity contribution in [3.63, 3.8) is 0 Å². The zero-order valence-corrected chi connectivity index (χ0v) is 24.9. The van der Waals surface area contributed by atoms with E-state index in [1.165, 1.54) is 27.6 Å². The van der Waals surface area contributed by atoms with Gasteiger partial charge in [-0.3, -0.25) is 4.79 Å². The highest BCUT2D eigenvalue weighted by Gasteiger charge is 2.71. The summed E-state index contributed by atoms with van der Waals surface area (Å²) in [7, 11) is 4.52. The van der Waals surface area contributed by atoms with Gasteiger partial charge in [0.2, 0.25) is 0 Å². The van der Waals surface area contributed by atoms with Crippen molar-refractivity contribution in [2.24, 2.45) is 35.5 Å². The number of rotatable bonds is 9. The van der Waals surface area contributed by atoms with Gasteiger partial charge in [-0.15, -0.1) is 0 Å². The van der Waals surface area contributed by atoms with Crippen LogP contribution < -0.4 is 0 Å². The Morgan fingerprint density at radius 3 is 2.50 bits per heavy atom. The summed E-state index contributed by atoms with van der Waals surface area (Å²) in [5, 5.41) is 22.9. The number of ether oxygens (including phenoxy) is 6. The number of cyclic esters (lactones) is 1. The Morgan fingerprint density at radius 1 is 1.12 bits per heavy atom. The van der Waals surface area contributed by atoms with Gasteiger partial charge in [0.1, 0.15) is 41.3 Å². The van der Waals surface area contributed by atoms with Crippen LogP contribution >= 0.6 is 0 Å². The first-order valence-electron chi connectivity index (χ1n) is 14.4. The minimum absolute atomic E-state index is 0.0114. The molecule has 12 atom stereocenters. The smallest absolute Gasteiger partial charge is 0.342 e. The van der Waals surface area contributed by atoms with Gasteiger partial charge in [0.05, 0.1) is 38.1 Å². The number of aliphatic hydroxyl groups is 2. The van der Waals surface area contributed by atoms with Gasteiger partial charge in [0, 0.05) is 50.9 Å². The van der Waals surface area contributed by atoms with E-state index in [-0.39, 0.29) is 25.7 Å². The van der Waals surface area contributed by atoms with Crippen molar-refractivity contribution >= 4 is 11.9 Å². The van der Waals surface area contributed by atoms with E-state index in [2.05, 4.69) is 0 Å². The largest absolute Gasteiger partial charge is 0.469 e. The Hall–Kier alpha value is -2.54. The third-order valence-electron chi connectivity index (χ3n) is 9.59. The van der Waals surface area contributed by atoms with Crippen molar-refractivity contribution in [2.45, 2.75) is 56.9 Å². The number of esters is 2. The topological polar surface area (TPSA) is 143 Å². The van der Waals surface area contributed by atoms with Gasteiger partial charge in [-0.05, 0) is 25.5 Å². The number of furan rings is 1. The van der Waals surface area contributed by atoms with E-state index in [1.54, 1.807) is 13.0 Å². The molecule has 2 N–H and O–H groups in total. The average Bonchev–Trinajstić information content (AvgIpc) is 3.46. The van der Waals surface area contributed by atoms with Crippen LogP contribution in [0, 0.1) is 42.4 Å². The van der Waals surface area contributed by atoms with E-state index in [0.29, 0.717) is 11.3 Å². The molecule has 11 nitrogen and oxygen atoms in total. The quantitative estimate of drug-likeness (QED) is 0.322. The number of hydrogen-bond acceptors (Lipinski definition) is 11. The maximum atomic E-state index is 13.8. The molecule has 4 bridgehead atoms. The highest BCUT2D eigenvalue weighted by Crippen LogP contribution is 2.62. The highest BCUT2D eigenvalue weighted by atomic mass is 16.6. The summed E-state index contributed by atoms with van der Waals surface area (Å²) < 4.78 is 40.6. The minimum atomic E-state index is -1.14. The molecule has 1 aromatic rings. The first-order chi connectivity index (χ1) is 20.1. The maximum absolute atomic E-state index is 13.8. The van der Waals surface area contributed by atoms with Gasteiger partial charge < -0.3 is 43.1 Å². The normalized spacial score (nSPS) is 41.0. The summed E-state index contributed by atoms with van der Waals surface area (Å²) in [5.74, 6) is -3.84. The Labute approximate surface area is 245 Å². The molecular formula is C31H42O11. The number of hydrogen-bond donors (Lipinski definition) is 2. The molecule has 4 aliphatic rings. The molecule has 0 amide bonds. The molecule has 1 saturated heterocycles. The van der Waals surface area contributed by atoms with Crippen LogP contribution in [0.15, 0.2) is 40.5 Å². The molecule has 0 aromatic carbocycles. The van der Waals surface area contributed by atoms with Crippen LogP contribution in [-0.4, -0.2) is 99.4 Å². The van der Waals surface area contributed by atoms with Crippen LogP contribution in [-0.2, 0) is 33.2 Å². The lowest BCUT2D eigenvalue weighted by atomic mass is 9.56. The number of methoxy groups -OCH3 is 3. The predicted molar refractivity (Wildman–Crippen MR) is 147 cm³/mol. The number of aliphatic hydroxyl groups excluding tert-OH is 2. The van der Waals surface area contributed by atoms with Crippen molar-refractivity contribution < 1.29 is 52.6 Å². The first-order valence-corrected chi connectivity index (χ1v) is 14.4. The minimum Gasteiger partial charge on any atom is -0.469 e. The molecular weight excluding hydrogens is 548 g/mol. The Bertz CT molecular complexity index is 1210. The summed E-state index contributed by atoms with van der Waals surface area (Å²) in [5.41, 5.74) is -0.0465. The van der Waals surface area contributed by atoms with E-state index < -0.39 is 77.6 Å². The maximum Gasteiger partial charge on any atom is 0.342 e. The van der Waals surface area contributed by atoms with Crippen molar-refractivity contribution in [3.8, 4) is 0 Å². The Balaban J connectivity index is 1.61. The molecule has 0 radical (unpaired) electrons. The average molecular weight is 591 g/mol. The molecule has 3 heterocycles. The second-order valence-corrected chi connectivity index (χ2v) is 12.0. The SMILES string of the molecule is COC[C@@H]1[C@@H](O)[C@@H]2[C@H]3C=C[C@@H]4[C@@H](COC)C(=O)O[C@H]([C@H](O)COC)[C@H](C)/C=C(\C)[C@@]24O[C@H]3[C@@H]1OC(=O)c1ccoc1C. The van der Waals surface area contributed by atoms with Gasteiger partial charge in [-0.25, -0.2) is 4.79 Å². The van der Waals surface area contributed by atoms with Crippen molar-refractivity contribution in [3.05, 3.63) is 47.5 Å². The van der Waals surface area contributed by atoms with Crippen molar-refractivity contribution in [2.75, 3.05) is 41.2 Å². The molecule has 2 aliphatic carbocycles. The molecule has 232 valence electrons. The van der Waals surface area contributed by atoms with E-state index >= 15 is 0 Å². The van der Waals surface area contributed by atoms with Gasteiger partial charge in [-0.2, -0.15) is 0 Å². The highest BCUT2D eigenvalue weighted by molar-refractivity contribution is 5.90. The van der Waals surface area contributed by atoms with Crippen LogP contribution in [0.2, 0.25) is 0 Å². The second kappa shape index (κ2) is 12.2. The second-order valence-electron chi connectivity index (χ2n) is 12.0. The van der Waals surface area contributed by atoms with E-state index in [9.17, 15) is 19.8 Å². The van der Waals surface area contributed by atoms with Gasteiger partial charge in [0.25, 0.3) is 0 Å². The molecule has 2 aliphatic heterocycles. The molecule has 0 unspecified atom stereocenters. The predicted octanol–water partition coefficient (Wildman–Crippen LogP) is 2.08. The molecule has 1 spiro atoms. The fraction of sp³-hybridized carbons (Fsp3) is 0.677. The first kappa shape index (κ1) is 30.9. The molecule has 1 aromatic heterocycles. The van der Waals surface area contributed by atoms with E-state index in [4.69, 9.17) is 32.8 Å². The molecule has 42 heavy (non-hydrogen) atoms. The van der Waals surface area contributed by atoms with Crippen LogP contribution in [0.25, 0.3) is 0 Å². The standard InChI is InChI=1S/C31H42O11/c1-15-11-16(2)31-22(20(12-36-4)30(35)40-26(15)23(32)14-38-6)8-7-19-24(31)25(33)21(13-37-5)27(28(19)42-31)41-29(34)18-9-10-39-17(18)3/h7-11,15,19-28,32-33H,12-14H2,1-6H3/b16-11+/t15-,19-,20-,21-,22-,23-,24+,25-,26+,27-,28-,31+/m1/s1. The summed E-state index contributed by atoms with van der Waals surface area (Å²) in [6.45, 7) is 5.62. The lowest BCUT2D eigenvalue weighted by Crippen LogP contribution is -2.59. The van der Waals surface area contributed by atoms with Crippen LogP contribution in [0.3, 0.4) is 0 Å². The monoisotopic (exact) mass is 590 g/mol. The number of aryl methyl sites for hydroxylation is 1. The fourth-order valence-corrected chi connectivity index (χ4v) is 7.78. The van der Waals surface area contributed by atoms with Gasteiger partial charge in [0.15, 0.2) is 0 Å². The Morgan fingerprint density at radius 2 is 1.86 bits per heavy atom. The molecule has 2 fully saturated rings. The fourth-order valence-electron chi connectivity index (χ4n) is 7.78. The summed E-state index contributed by atoms with van der Waals surface area (Å²) in [4.78, 5) is 27.1. The summed E-state index contributed by atoms with van der Waals surface area (Å²) >= 11 is 0. The van der Waals surface area contributed by atoms with E-state index in [1.807, 2.05) is 32.1 Å². The summed E-state index contributed by atoms with van der Waals surface area (Å²) in [6.07, 6.45) is 2.89. The Kier molecular flexibility index (Phi) is 8.99. The zero-order valence-electron chi connectivity index (χ0n) is 24.9. The summed E-state index contributed by atoms with van der Waals surface area (Å²) in [6, 6.07) is 1.55. The molecule has 1 saturated carbocycles. The molecule has 11 heteroatoms. The van der Waals surface area contributed by atoms with E-state index in [0.717, 1.165) is 5.57 Å².